The molecule has 0 unspecified atom stereocenters. The van der Waals surface area contributed by atoms with Gasteiger partial charge in [0.2, 0.25) is 0 Å². The van der Waals surface area contributed by atoms with Crippen LogP contribution in [0.25, 0.3) is 0 Å². The Kier molecular flexibility index (Phi) is 7.32. The molecule has 5 nitrogen and oxygen atoms in total. The number of carbonyl (C=O) groups excluding carboxylic acids is 1. The fourth-order valence-corrected chi connectivity index (χ4v) is 2.12. The number of benzene rings is 1. The minimum Gasteiger partial charge on any atom is -0.333 e. The maximum Gasteiger partial charge on any atom is 0.327 e. The number of amides is 1. The van der Waals surface area contributed by atoms with Crippen LogP contribution >= 0.6 is 0 Å². The summed E-state index contributed by atoms with van der Waals surface area (Å²) in [5.41, 5.74) is 2.38. The number of nitrogens with one attached hydrogen (secondary N) is 1. The molecule has 0 aliphatic heterocycles. The number of carbonyl (C=O) groups is 1. The van der Waals surface area contributed by atoms with Gasteiger partial charge >= 0.3 is 6.03 Å². The summed E-state index contributed by atoms with van der Waals surface area (Å²) in [6.45, 7) is 7.93. The lowest BCUT2D eigenvalue weighted by atomic mass is 10.1. The lowest BCUT2D eigenvalue weighted by Crippen LogP contribution is -2.27. The van der Waals surface area contributed by atoms with E-state index >= 15 is 0 Å². The molecule has 0 radical (unpaired) electrons. The molecule has 0 aliphatic rings. The zero-order valence-electron chi connectivity index (χ0n) is 12.6. The van der Waals surface area contributed by atoms with Crippen molar-refractivity contribution in [3.8, 4) is 0 Å². The predicted octanol–water partition coefficient (Wildman–Crippen LogP) is 3.12. The molecule has 0 saturated carbocycles. The number of hydrogen-bond acceptors (Lipinski definition) is 3. The molecule has 22 heavy (non-hydrogen) atoms. The number of imidazole rings is 1. The number of hydrogen-bond donors (Lipinski definition) is 1. The van der Waals surface area contributed by atoms with Crippen LogP contribution in [0.2, 0.25) is 0 Å². The summed E-state index contributed by atoms with van der Waals surface area (Å²) < 4.78 is 1.43. The Labute approximate surface area is 133 Å². The zero-order valence-corrected chi connectivity index (χ0v) is 12.6. The topological polar surface area (TPSA) is 50.2 Å². The highest BCUT2D eigenvalue weighted by molar-refractivity contribution is 5.76. The van der Waals surface area contributed by atoms with Crippen LogP contribution in [-0.4, -0.2) is 33.6 Å². The van der Waals surface area contributed by atoms with Gasteiger partial charge in [-0.1, -0.05) is 45.5 Å². The van der Waals surface area contributed by atoms with Crippen molar-refractivity contribution in [2.75, 3.05) is 13.1 Å². The van der Waals surface area contributed by atoms with E-state index in [1.54, 1.807) is 12.4 Å². The predicted molar refractivity (Wildman–Crippen MR) is 89.7 cm³/mol. The Bertz CT molecular complexity index is 545. The van der Waals surface area contributed by atoms with E-state index in [1.807, 2.05) is 0 Å². The molecule has 0 aliphatic carbocycles. The third-order valence-electron chi connectivity index (χ3n) is 3.51. The fourth-order valence-electron chi connectivity index (χ4n) is 2.12. The molecule has 1 N–H and O–H groups in total. The van der Waals surface area contributed by atoms with Crippen LogP contribution in [0.5, 0.6) is 0 Å². The summed E-state index contributed by atoms with van der Waals surface area (Å²) in [6, 6.07) is 8.20. The molecule has 0 bridgehead atoms. The van der Waals surface area contributed by atoms with E-state index in [-0.39, 0.29) is 13.5 Å². The van der Waals surface area contributed by atoms with Crippen LogP contribution in [0.4, 0.5) is 4.79 Å². The molecule has 2 aromatic rings. The SMILES string of the molecule is C.CCN(CC)Cc1ccc(CNC(=O)n2ccnc2)cc1. The maximum absolute atomic E-state index is 11.8. The number of nitrogens with zero attached hydrogens (tertiary/aromatic N) is 3. The highest BCUT2D eigenvalue weighted by Crippen LogP contribution is 2.07. The van der Waals surface area contributed by atoms with Crippen LogP contribution < -0.4 is 5.32 Å². The molecule has 0 spiro atoms. The third-order valence-corrected chi connectivity index (χ3v) is 3.51. The molecule has 1 heterocycles. The van der Waals surface area contributed by atoms with Gasteiger partial charge in [0.25, 0.3) is 0 Å². The van der Waals surface area contributed by atoms with Gasteiger partial charge in [-0.15, -0.1) is 0 Å². The lowest BCUT2D eigenvalue weighted by Gasteiger charge is -2.18. The van der Waals surface area contributed by atoms with E-state index in [1.165, 1.54) is 16.5 Å². The van der Waals surface area contributed by atoms with E-state index in [0.29, 0.717) is 6.54 Å². The van der Waals surface area contributed by atoms with Crippen LogP contribution in [0.15, 0.2) is 43.0 Å². The molecule has 2 rings (SSSR count). The average molecular weight is 302 g/mol. The summed E-state index contributed by atoms with van der Waals surface area (Å²) in [4.78, 5) is 18.0. The standard InChI is InChI=1S/C16H22N4O.CH4/c1-3-19(4-2)12-15-7-5-14(6-8-15)11-18-16(21)20-10-9-17-13-20;/h5-10,13H,3-4,11-12H2,1-2H3,(H,18,21);1H4. The highest BCUT2D eigenvalue weighted by Gasteiger charge is 2.04. The largest absolute Gasteiger partial charge is 0.333 e. The van der Waals surface area contributed by atoms with Crippen LogP contribution in [-0.2, 0) is 13.1 Å². The van der Waals surface area contributed by atoms with Gasteiger partial charge in [0.1, 0.15) is 6.33 Å². The molecule has 1 aromatic carbocycles. The van der Waals surface area contributed by atoms with Crippen molar-refractivity contribution in [2.24, 2.45) is 0 Å². The summed E-state index contributed by atoms with van der Waals surface area (Å²) in [5, 5.41) is 2.86. The molecule has 0 saturated heterocycles. The van der Waals surface area contributed by atoms with Gasteiger partial charge in [-0.05, 0) is 24.2 Å². The molecular formula is C17H26N4O. The van der Waals surface area contributed by atoms with Crippen molar-refractivity contribution in [1.29, 1.82) is 0 Å². The van der Waals surface area contributed by atoms with Gasteiger partial charge in [-0.3, -0.25) is 9.47 Å². The van der Waals surface area contributed by atoms with E-state index in [2.05, 4.69) is 53.3 Å². The Morgan fingerprint density at radius 1 is 1.18 bits per heavy atom. The van der Waals surface area contributed by atoms with Crippen molar-refractivity contribution in [2.45, 2.75) is 34.4 Å². The van der Waals surface area contributed by atoms with E-state index < -0.39 is 0 Å². The van der Waals surface area contributed by atoms with Crippen LogP contribution in [0, 0.1) is 0 Å². The van der Waals surface area contributed by atoms with Gasteiger partial charge in [0.05, 0.1) is 0 Å². The van der Waals surface area contributed by atoms with E-state index in [9.17, 15) is 4.79 Å². The summed E-state index contributed by atoms with van der Waals surface area (Å²) >= 11 is 0. The molecule has 0 atom stereocenters. The second kappa shape index (κ2) is 9.00. The maximum atomic E-state index is 11.8. The van der Waals surface area contributed by atoms with Crippen LogP contribution in [0.1, 0.15) is 32.4 Å². The molecule has 1 aromatic heterocycles. The van der Waals surface area contributed by atoms with Crippen molar-refractivity contribution in [1.82, 2.24) is 19.8 Å². The Morgan fingerprint density at radius 2 is 1.82 bits per heavy atom. The second-order valence-electron chi connectivity index (χ2n) is 4.91. The van der Waals surface area contributed by atoms with Crippen molar-refractivity contribution in [3.05, 3.63) is 54.1 Å². The second-order valence-corrected chi connectivity index (χ2v) is 4.91. The van der Waals surface area contributed by atoms with Gasteiger partial charge in [-0.25, -0.2) is 9.78 Å². The number of rotatable bonds is 6. The molecule has 120 valence electrons. The first-order valence-electron chi connectivity index (χ1n) is 7.29. The van der Waals surface area contributed by atoms with Gasteiger partial charge < -0.3 is 5.32 Å². The molecule has 5 heteroatoms. The summed E-state index contributed by atoms with van der Waals surface area (Å²) in [5.74, 6) is 0. The minimum absolute atomic E-state index is 0. The first kappa shape index (κ1) is 17.9. The Balaban J connectivity index is 0.00000242. The average Bonchev–Trinajstić information content (AvgIpc) is 3.06. The first-order chi connectivity index (χ1) is 10.2. The highest BCUT2D eigenvalue weighted by atomic mass is 16.2. The monoisotopic (exact) mass is 302 g/mol. The van der Waals surface area contributed by atoms with Crippen molar-refractivity contribution in [3.63, 3.8) is 0 Å². The Hall–Kier alpha value is -2.14. The third kappa shape index (κ3) is 5.00. The smallest absolute Gasteiger partial charge is 0.327 e. The summed E-state index contributed by atoms with van der Waals surface area (Å²) in [7, 11) is 0. The van der Waals surface area contributed by atoms with Crippen molar-refractivity contribution >= 4 is 6.03 Å². The quantitative estimate of drug-likeness (QED) is 0.892. The van der Waals surface area contributed by atoms with Crippen LogP contribution in [0.3, 0.4) is 0 Å². The van der Waals surface area contributed by atoms with Gasteiger partial charge in [-0.2, -0.15) is 0 Å². The zero-order chi connectivity index (χ0) is 15.1. The first-order valence-corrected chi connectivity index (χ1v) is 7.29. The van der Waals surface area contributed by atoms with E-state index in [0.717, 1.165) is 25.2 Å². The fraction of sp³-hybridized carbons (Fsp3) is 0.412. The number of aromatic nitrogens is 2. The minimum atomic E-state index is -0.167. The molecular weight excluding hydrogens is 276 g/mol. The van der Waals surface area contributed by atoms with Crippen molar-refractivity contribution < 1.29 is 4.79 Å². The van der Waals surface area contributed by atoms with Gasteiger partial charge in [0.15, 0.2) is 0 Å². The Morgan fingerprint density at radius 3 is 2.36 bits per heavy atom. The lowest BCUT2D eigenvalue weighted by molar-refractivity contribution is 0.242. The summed E-state index contributed by atoms with van der Waals surface area (Å²) in [6.07, 6.45) is 4.70. The molecule has 0 fully saturated rings. The molecule has 1 amide bonds. The van der Waals surface area contributed by atoms with E-state index in [4.69, 9.17) is 0 Å². The normalized spacial score (nSPS) is 10.3. The van der Waals surface area contributed by atoms with Gasteiger partial charge in [0, 0.05) is 25.5 Å².